The molecule has 0 amide bonds. The lowest BCUT2D eigenvalue weighted by Gasteiger charge is -2.24. The first-order chi connectivity index (χ1) is 21.7. The Morgan fingerprint density at radius 1 is 1.00 bits per heavy atom. The van der Waals surface area contributed by atoms with Gasteiger partial charge in [-0.05, 0) is 54.8 Å². The highest BCUT2D eigenvalue weighted by atomic mass is 32.2. The quantitative estimate of drug-likeness (QED) is 0.139. The molecule has 0 saturated heterocycles. The predicted molar refractivity (Wildman–Crippen MR) is 171 cm³/mol. The van der Waals surface area contributed by atoms with Crippen molar-refractivity contribution in [3.8, 4) is 0 Å². The maximum atomic E-state index is 14.9. The van der Waals surface area contributed by atoms with Gasteiger partial charge in [0.1, 0.15) is 11.6 Å². The fraction of sp³-hybridized carbons (Fsp3) is 0.206. The van der Waals surface area contributed by atoms with Crippen LogP contribution in [-0.2, 0) is 27.7 Å². The number of nitrogens with zero attached hydrogens (tertiary/aromatic N) is 4. The molecular formula is C34H30F2N4O3S2. The van der Waals surface area contributed by atoms with E-state index in [0.717, 1.165) is 21.3 Å². The lowest BCUT2D eigenvalue weighted by atomic mass is 10.1. The smallest absolute Gasteiger partial charge is 0.247 e. The zero-order chi connectivity index (χ0) is 31.4. The Balaban J connectivity index is 1.21. The highest BCUT2D eigenvalue weighted by Crippen LogP contribution is 2.28. The minimum atomic E-state index is -3.97. The predicted octanol–water partition coefficient (Wildman–Crippen LogP) is 7.37. The summed E-state index contributed by atoms with van der Waals surface area (Å²) in [6.45, 7) is 2.19. The number of hydrogen-bond acceptors (Lipinski definition) is 8. The SMILES string of the molecule is Cc1cc(C2=CN(Cc3ccc4scnc4c3)CC(F)=C2)nc(S(=O)(=O)CCC(OCc2ccccc2F)c2ccccc2)n1. The van der Waals surface area contributed by atoms with Crippen LogP contribution in [0.4, 0.5) is 8.78 Å². The number of benzene rings is 3. The Hall–Kier alpha value is -4.32. The summed E-state index contributed by atoms with van der Waals surface area (Å²) >= 11 is 1.56. The molecule has 45 heavy (non-hydrogen) atoms. The van der Waals surface area contributed by atoms with Gasteiger partial charge in [0.05, 0.1) is 46.4 Å². The summed E-state index contributed by atoms with van der Waals surface area (Å²) in [5, 5.41) is -0.334. The number of ether oxygens (including phenoxy) is 1. The van der Waals surface area contributed by atoms with Crippen molar-refractivity contribution in [2.75, 3.05) is 12.3 Å². The molecule has 3 heterocycles. The first kappa shape index (κ1) is 30.7. The molecule has 1 aliphatic rings. The summed E-state index contributed by atoms with van der Waals surface area (Å²) in [5.41, 5.74) is 6.02. The number of halogens is 2. The van der Waals surface area contributed by atoms with Crippen molar-refractivity contribution in [3.05, 3.63) is 136 Å². The van der Waals surface area contributed by atoms with E-state index in [1.54, 1.807) is 54.2 Å². The third-order valence-electron chi connectivity index (χ3n) is 7.39. The molecule has 5 aromatic rings. The molecule has 0 spiro atoms. The standard InChI is InChI=1S/C34H30F2N4O3S2/c1-23-15-30(27-17-28(35)20-40(19-27)18-24-11-12-33-31(16-24)37-22-44-33)39-34(38-23)45(41,42)14-13-32(25-7-3-2-4-8-25)43-21-26-9-5-6-10-29(26)36/h2-12,15-17,19,22,32H,13-14,18,20-21H2,1H3. The molecule has 6 rings (SSSR count). The minimum Gasteiger partial charge on any atom is -0.369 e. The molecule has 0 N–H and O–H groups in total. The first-order valence-corrected chi connectivity index (χ1v) is 16.9. The van der Waals surface area contributed by atoms with E-state index in [4.69, 9.17) is 4.74 Å². The highest BCUT2D eigenvalue weighted by Gasteiger charge is 2.25. The van der Waals surface area contributed by atoms with Crippen LogP contribution < -0.4 is 0 Å². The molecule has 1 unspecified atom stereocenters. The lowest BCUT2D eigenvalue weighted by Crippen LogP contribution is -2.22. The number of sulfone groups is 1. The molecule has 0 fully saturated rings. The topological polar surface area (TPSA) is 85.3 Å². The van der Waals surface area contributed by atoms with E-state index >= 15 is 0 Å². The zero-order valence-electron chi connectivity index (χ0n) is 24.4. The van der Waals surface area contributed by atoms with Crippen LogP contribution in [0.2, 0.25) is 0 Å². The lowest BCUT2D eigenvalue weighted by molar-refractivity contribution is 0.0361. The van der Waals surface area contributed by atoms with Crippen molar-refractivity contribution in [2.45, 2.75) is 37.8 Å². The number of aryl methyl sites for hydroxylation is 1. The van der Waals surface area contributed by atoms with E-state index in [9.17, 15) is 17.2 Å². The molecule has 0 saturated carbocycles. The number of hydrogen-bond donors (Lipinski definition) is 0. The van der Waals surface area contributed by atoms with E-state index in [1.807, 2.05) is 53.4 Å². The van der Waals surface area contributed by atoms with Gasteiger partial charge in [-0.1, -0.05) is 54.6 Å². The molecule has 0 radical (unpaired) electrons. The van der Waals surface area contributed by atoms with Crippen LogP contribution in [0.15, 0.2) is 108 Å². The fourth-order valence-corrected chi connectivity index (χ4v) is 7.05. The Kier molecular flexibility index (Phi) is 9.11. The van der Waals surface area contributed by atoms with Crippen LogP contribution in [0.3, 0.4) is 0 Å². The number of fused-ring (bicyclic) bond motifs is 1. The summed E-state index contributed by atoms with van der Waals surface area (Å²) in [5.74, 6) is -1.05. The van der Waals surface area contributed by atoms with Crippen molar-refractivity contribution in [1.82, 2.24) is 19.9 Å². The van der Waals surface area contributed by atoms with Gasteiger partial charge in [0.25, 0.3) is 0 Å². The molecule has 1 aliphatic heterocycles. The van der Waals surface area contributed by atoms with E-state index in [2.05, 4.69) is 15.0 Å². The Labute approximate surface area is 264 Å². The second-order valence-corrected chi connectivity index (χ2v) is 13.7. The van der Waals surface area contributed by atoms with E-state index in [-0.39, 0.29) is 42.1 Å². The van der Waals surface area contributed by atoms with Crippen LogP contribution in [0.1, 0.15) is 40.6 Å². The molecular weight excluding hydrogens is 615 g/mol. The Bertz CT molecular complexity index is 2000. The Morgan fingerprint density at radius 3 is 2.62 bits per heavy atom. The number of thiazole rings is 1. The zero-order valence-corrected chi connectivity index (χ0v) is 26.1. The summed E-state index contributed by atoms with van der Waals surface area (Å²) in [7, 11) is -3.97. The van der Waals surface area contributed by atoms with Gasteiger partial charge < -0.3 is 9.64 Å². The summed E-state index contributed by atoms with van der Waals surface area (Å²) in [6.07, 6.45) is 2.65. The van der Waals surface area contributed by atoms with Gasteiger partial charge in [0.15, 0.2) is 0 Å². The van der Waals surface area contributed by atoms with Gasteiger partial charge in [-0.3, -0.25) is 0 Å². The molecule has 7 nitrogen and oxygen atoms in total. The second-order valence-electron chi connectivity index (χ2n) is 10.8. The summed E-state index contributed by atoms with van der Waals surface area (Å²) in [6, 6.07) is 23.2. The molecule has 3 aromatic carbocycles. The Morgan fingerprint density at radius 2 is 1.80 bits per heavy atom. The molecule has 11 heteroatoms. The van der Waals surface area contributed by atoms with E-state index < -0.39 is 15.9 Å². The van der Waals surface area contributed by atoms with Crippen LogP contribution >= 0.6 is 11.3 Å². The van der Waals surface area contributed by atoms with Gasteiger partial charge in [-0.15, -0.1) is 11.3 Å². The third-order valence-corrected chi connectivity index (χ3v) is 9.72. The van der Waals surface area contributed by atoms with Crippen LogP contribution in [0, 0.1) is 12.7 Å². The van der Waals surface area contributed by atoms with Crippen LogP contribution in [0.25, 0.3) is 15.8 Å². The normalized spacial score (nSPS) is 14.3. The summed E-state index contributed by atoms with van der Waals surface area (Å²) in [4.78, 5) is 14.8. The maximum Gasteiger partial charge on any atom is 0.247 e. The monoisotopic (exact) mass is 644 g/mol. The van der Waals surface area contributed by atoms with Crippen LogP contribution in [0.5, 0.6) is 0 Å². The fourth-order valence-electron chi connectivity index (χ4n) is 5.17. The first-order valence-electron chi connectivity index (χ1n) is 14.4. The minimum absolute atomic E-state index is 0.0163. The van der Waals surface area contributed by atoms with Gasteiger partial charge >= 0.3 is 0 Å². The van der Waals surface area contributed by atoms with E-state index in [0.29, 0.717) is 29.1 Å². The molecule has 1 atom stereocenters. The third kappa shape index (κ3) is 7.50. The van der Waals surface area contributed by atoms with E-state index in [1.165, 1.54) is 12.1 Å². The molecule has 0 bridgehead atoms. The van der Waals surface area contributed by atoms with Gasteiger partial charge in [0, 0.05) is 29.6 Å². The number of aromatic nitrogens is 3. The van der Waals surface area contributed by atoms with Crippen molar-refractivity contribution in [3.63, 3.8) is 0 Å². The van der Waals surface area contributed by atoms with Gasteiger partial charge in [0.2, 0.25) is 15.0 Å². The van der Waals surface area contributed by atoms with Gasteiger partial charge in [-0.25, -0.2) is 32.2 Å². The number of rotatable bonds is 11. The van der Waals surface area contributed by atoms with Crippen molar-refractivity contribution >= 4 is 37.0 Å². The molecule has 0 aliphatic carbocycles. The van der Waals surface area contributed by atoms with Crippen molar-refractivity contribution in [1.29, 1.82) is 0 Å². The number of allylic oxidation sites excluding steroid dienone is 2. The highest BCUT2D eigenvalue weighted by molar-refractivity contribution is 7.91. The average molecular weight is 645 g/mol. The van der Waals surface area contributed by atoms with Gasteiger partial charge in [-0.2, -0.15) is 0 Å². The maximum absolute atomic E-state index is 14.9. The summed E-state index contributed by atoms with van der Waals surface area (Å²) < 4.78 is 63.4. The van der Waals surface area contributed by atoms with Crippen molar-refractivity contribution in [2.24, 2.45) is 0 Å². The van der Waals surface area contributed by atoms with Crippen molar-refractivity contribution < 1.29 is 21.9 Å². The average Bonchev–Trinajstić information content (AvgIpc) is 3.50. The second kappa shape index (κ2) is 13.4. The largest absolute Gasteiger partial charge is 0.369 e. The molecule has 2 aromatic heterocycles. The molecule has 230 valence electrons. The van der Waals surface area contributed by atoms with Crippen LogP contribution in [-0.4, -0.2) is 40.6 Å².